The van der Waals surface area contributed by atoms with Gasteiger partial charge in [-0.2, -0.15) is 4.98 Å². The van der Waals surface area contributed by atoms with Crippen LogP contribution in [0, 0.1) is 12.8 Å². The first-order valence-corrected chi connectivity index (χ1v) is 13.8. The van der Waals surface area contributed by atoms with Crippen molar-refractivity contribution in [2.24, 2.45) is 5.92 Å². The van der Waals surface area contributed by atoms with Crippen molar-refractivity contribution in [1.82, 2.24) is 9.88 Å². The first-order valence-electron chi connectivity index (χ1n) is 13.8. The molecule has 3 aliphatic rings. The summed E-state index contributed by atoms with van der Waals surface area (Å²) in [4.78, 5) is 31.0. The first kappa shape index (κ1) is 28.0. The molecule has 0 spiro atoms. The van der Waals surface area contributed by atoms with Crippen molar-refractivity contribution in [3.63, 3.8) is 0 Å². The minimum Gasteiger partial charge on any atom is -0.466 e. The third kappa shape index (κ3) is 5.96. The molecule has 214 valence electrons. The first-order chi connectivity index (χ1) is 19.2. The SMILES string of the molecule is COC(=O)C1=CCC(OC[C@@H]2C[C@H](F)CN2C(=O)CC2=C(F)c3oc(Nc4ccccc4C)nc3CC2C)CC1. The molecule has 2 aliphatic carbocycles. The summed E-state index contributed by atoms with van der Waals surface area (Å²) in [5.74, 6) is -1.46. The van der Waals surface area contributed by atoms with Crippen LogP contribution in [0.25, 0.3) is 5.83 Å². The summed E-state index contributed by atoms with van der Waals surface area (Å²) in [6.45, 7) is 3.96. The van der Waals surface area contributed by atoms with Crippen LogP contribution < -0.4 is 5.32 Å². The van der Waals surface area contributed by atoms with Crippen LogP contribution in [-0.4, -0.2) is 60.3 Å². The predicted molar refractivity (Wildman–Crippen MR) is 145 cm³/mol. The number of esters is 1. The average molecular weight is 556 g/mol. The van der Waals surface area contributed by atoms with Crippen molar-refractivity contribution in [3.8, 4) is 0 Å². The second kappa shape index (κ2) is 11.9. The molecule has 1 aromatic heterocycles. The van der Waals surface area contributed by atoms with Crippen LogP contribution in [0.5, 0.6) is 0 Å². The number of para-hydroxylation sites is 1. The van der Waals surface area contributed by atoms with E-state index >= 15 is 4.39 Å². The van der Waals surface area contributed by atoms with Crippen molar-refractivity contribution >= 4 is 29.4 Å². The maximum atomic E-state index is 15.7. The van der Waals surface area contributed by atoms with Crippen LogP contribution in [0.2, 0.25) is 0 Å². The highest BCUT2D eigenvalue weighted by molar-refractivity contribution is 5.88. The smallest absolute Gasteiger partial charge is 0.333 e. The number of ether oxygens (including phenoxy) is 2. The molecule has 10 heteroatoms. The summed E-state index contributed by atoms with van der Waals surface area (Å²) in [5.41, 5.74) is 3.28. The van der Waals surface area contributed by atoms with Crippen molar-refractivity contribution in [1.29, 1.82) is 0 Å². The Hall–Kier alpha value is -3.53. The fourth-order valence-electron chi connectivity index (χ4n) is 5.68. The Morgan fingerprint density at radius 3 is 2.80 bits per heavy atom. The Labute approximate surface area is 232 Å². The number of rotatable bonds is 8. The molecule has 0 radical (unpaired) electrons. The molecule has 0 saturated carbocycles. The van der Waals surface area contributed by atoms with E-state index in [-0.39, 0.29) is 61.7 Å². The minimum atomic E-state index is -1.16. The maximum absolute atomic E-state index is 15.7. The van der Waals surface area contributed by atoms with E-state index in [4.69, 9.17) is 13.9 Å². The largest absolute Gasteiger partial charge is 0.466 e. The molecule has 8 nitrogen and oxygen atoms in total. The van der Waals surface area contributed by atoms with Gasteiger partial charge in [0, 0.05) is 24.1 Å². The van der Waals surface area contributed by atoms with Gasteiger partial charge in [0.25, 0.3) is 6.01 Å². The van der Waals surface area contributed by atoms with E-state index in [1.165, 1.54) is 12.0 Å². The average Bonchev–Trinajstić information content (AvgIpc) is 3.53. The number of fused-ring (bicyclic) bond motifs is 1. The van der Waals surface area contributed by atoms with Gasteiger partial charge in [-0.1, -0.05) is 31.2 Å². The quantitative estimate of drug-likeness (QED) is 0.424. The molecule has 0 bridgehead atoms. The minimum absolute atomic E-state index is 0.0365. The second-order valence-corrected chi connectivity index (χ2v) is 10.8. The van der Waals surface area contributed by atoms with Crippen molar-refractivity contribution in [2.75, 3.05) is 25.6 Å². The summed E-state index contributed by atoms with van der Waals surface area (Å²) in [6.07, 6.45) is 2.75. The number of carbonyl (C=O) groups excluding carboxylic acids is 2. The molecule has 5 rings (SSSR count). The van der Waals surface area contributed by atoms with Crippen LogP contribution in [0.1, 0.15) is 56.0 Å². The number of methoxy groups -OCH3 is 1. The number of likely N-dealkylation sites (tertiary alicyclic amines) is 1. The van der Waals surface area contributed by atoms with Gasteiger partial charge in [-0.3, -0.25) is 4.79 Å². The second-order valence-electron chi connectivity index (χ2n) is 10.8. The number of oxazole rings is 1. The lowest BCUT2D eigenvalue weighted by Crippen LogP contribution is -2.40. The van der Waals surface area contributed by atoms with Crippen LogP contribution >= 0.6 is 0 Å². The van der Waals surface area contributed by atoms with Gasteiger partial charge < -0.3 is 24.1 Å². The molecule has 1 aliphatic heterocycles. The Bertz CT molecular complexity index is 1340. The molecule has 2 aromatic rings. The van der Waals surface area contributed by atoms with Gasteiger partial charge in [-0.05, 0) is 49.3 Å². The fraction of sp³-hybridized carbons (Fsp3) is 0.500. The predicted octanol–water partition coefficient (Wildman–Crippen LogP) is 5.60. The molecule has 4 atom stereocenters. The zero-order chi connectivity index (χ0) is 28.4. The van der Waals surface area contributed by atoms with Crippen LogP contribution in [0.4, 0.5) is 20.5 Å². The summed E-state index contributed by atoms with van der Waals surface area (Å²) in [7, 11) is 1.35. The number of nitrogens with zero attached hydrogens (tertiary/aromatic N) is 2. The number of carbonyl (C=O) groups is 2. The molecular formula is C30H35F2N3O5. The van der Waals surface area contributed by atoms with E-state index in [1.54, 1.807) is 0 Å². The Kier molecular flexibility index (Phi) is 8.35. The number of benzene rings is 1. The highest BCUT2D eigenvalue weighted by atomic mass is 19.1. The Balaban J connectivity index is 1.24. The topological polar surface area (TPSA) is 93.9 Å². The normalized spacial score (nSPS) is 24.5. The number of nitrogens with one attached hydrogen (secondary N) is 1. The van der Waals surface area contributed by atoms with Crippen molar-refractivity contribution in [2.45, 2.75) is 70.7 Å². The highest BCUT2D eigenvalue weighted by Gasteiger charge is 2.38. The lowest BCUT2D eigenvalue weighted by molar-refractivity contribution is -0.137. The van der Waals surface area contributed by atoms with Gasteiger partial charge >= 0.3 is 5.97 Å². The number of alkyl halides is 1. The van der Waals surface area contributed by atoms with Crippen molar-refractivity contribution in [3.05, 3.63) is 58.5 Å². The van der Waals surface area contributed by atoms with E-state index in [0.29, 0.717) is 42.5 Å². The van der Waals surface area contributed by atoms with Gasteiger partial charge in [0.05, 0.1) is 44.5 Å². The Morgan fingerprint density at radius 2 is 2.08 bits per heavy atom. The maximum Gasteiger partial charge on any atom is 0.333 e. The van der Waals surface area contributed by atoms with Gasteiger partial charge in [0.1, 0.15) is 6.17 Å². The third-order valence-electron chi connectivity index (χ3n) is 8.02. The summed E-state index contributed by atoms with van der Waals surface area (Å²) in [5, 5.41) is 3.10. The number of hydrogen-bond acceptors (Lipinski definition) is 7. The molecule has 1 N–H and O–H groups in total. The number of halogens is 2. The molecule has 2 unspecified atom stereocenters. The molecule has 40 heavy (non-hydrogen) atoms. The molecule has 1 fully saturated rings. The van der Waals surface area contributed by atoms with Gasteiger partial charge in [0.15, 0.2) is 11.6 Å². The standard InChI is InChI=1S/C30H35F2N3O5/c1-17-6-4-5-7-24(17)33-30-34-25-12-18(2)23(27(32)28(25)40-30)14-26(36)35-15-20(31)13-21(35)16-39-22-10-8-19(9-11-22)29(37)38-3/h4-8,18,20-22H,9-16H2,1-3H3,(H,33,34)/t18?,20-,21-,22?/m0/s1. The van der Waals surface area contributed by atoms with Gasteiger partial charge in [-0.25, -0.2) is 13.6 Å². The van der Waals surface area contributed by atoms with E-state index in [1.807, 2.05) is 44.2 Å². The summed E-state index contributed by atoms with van der Waals surface area (Å²) in [6, 6.07) is 7.41. The number of aromatic nitrogens is 1. The lowest BCUT2D eigenvalue weighted by Gasteiger charge is -2.29. The summed E-state index contributed by atoms with van der Waals surface area (Å²) >= 11 is 0. The van der Waals surface area contributed by atoms with E-state index in [9.17, 15) is 14.0 Å². The fourth-order valence-corrected chi connectivity index (χ4v) is 5.68. The molecular weight excluding hydrogens is 520 g/mol. The van der Waals surface area contributed by atoms with Crippen LogP contribution in [0.3, 0.4) is 0 Å². The summed E-state index contributed by atoms with van der Waals surface area (Å²) < 4.78 is 46.6. The zero-order valence-electron chi connectivity index (χ0n) is 23.0. The van der Waals surface area contributed by atoms with E-state index in [2.05, 4.69) is 10.3 Å². The number of hydrogen-bond donors (Lipinski definition) is 1. The Morgan fingerprint density at radius 1 is 1.27 bits per heavy atom. The van der Waals surface area contributed by atoms with Crippen LogP contribution in [0.15, 0.2) is 45.9 Å². The number of aryl methyl sites for hydroxylation is 1. The van der Waals surface area contributed by atoms with E-state index < -0.39 is 18.0 Å². The lowest BCUT2D eigenvalue weighted by atomic mass is 9.87. The number of anilines is 2. The molecule has 1 aromatic carbocycles. The molecule has 1 saturated heterocycles. The van der Waals surface area contributed by atoms with Gasteiger partial charge in [0.2, 0.25) is 5.91 Å². The molecule has 2 heterocycles. The third-order valence-corrected chi connectivity index (χ3v) is 8.02. The van der Waals surface area contributed by atoms with Gasteiger partial charge in [-0.15, -0.1) is 0 Å². The van der Waals surface area contributed by atoms with E-state index in [0.717, 1.165) is 11.3 Å². The van der Waals surface area contributed by atoms with Crippen molar-refractivity contribution < 1.29 is 32.3 Å². The highest BCUT2D eigenvalue weighted by Crippen LogP contribution is 2.40. The van der Waals surface area contributed by atoms with Crippen LogP contribution in [-0.2, 0) is 25.5 Å². The number of amides is 1. The molecule has 1 amide bonds. The monoisotopic (exact) mass is 555 g/mol. The zero-order valence-corrected chi connectivity index (χ0v) is 23.0.